The molecule has 0 atom stereocenters. The lowest BCUT2D eigenvalue weighted by molar-refractivity contribution is -0.274. The number of nitrogens with one attached hydrogen (secondary N) is 1. The van der Waals surface area contributed by atoms with Gasteiger partial charge in [0.1, 0.15) is 16.4 Å². The number of alkyl halides is 3. The number of hydrogen-bond donors (Lipinski definition) is 4. The van der Waals surface area contributed by atoms with Crippen LogP contribution in [0.2, 0.25) is 0 Å². The molecular weight excluding hydrogens is 557 g/mol. The largest absolute Gasteiger partial charge is 0.573 e. The Bertz CT molecular complexity index is 1450. The summed E-state index contributed by atoms with van der Waals surface area (Å²) in [5.41, 5.74) is 9.59. The van der Waals surface area contributed by atoms with Gasteiger partial charge in [-0.3, -0.25) is 9.78 Å². The number of aromatic nitrogens is 1. The highest BCUT2D eigenvalue weighted by molar-refractivity contribution is 7.15. The summed E-state index contributed by atoms with van der Waals surface area (Å²) in [7, 11) is 0. The number of rotatable bonds is 7. The number of nitrogens with zero attached hydrogens (tertiary/aromatic N) is 2. The predicted molar refractivity (Wildman–Crippen MR) is 141 cm³/mol. The van der Waals surface area contributed by atoms with Gasteiger partial charge in [0.2, 0.25) is 0 Å². The van der Waals surface area contributed by atoms with Crippen LogP contribution in [-0.4, -0.2) is 39.1 Å². The molecule has 0 fully saturated rings. The van der Waals surface area contributed by atoms with Crippen molar-refractivity contribution in [1.29, 1.82) is 0 Å². The molecule has 4 rings (SSSR count). The highest BCUT2D eigenvalue weighted by atomic mass is 32.1. The first-order valence-electron chi connectivity index (χ1n) is 10.9. The Morgan fingerprint density at radius 2 is 1.79 bits per heavy atom. The number of thiophene rings is 2. The molecule has 0 aliphatic heterocycles. The van der Waals surface area contributed by atoms with E-state index in [-0.39, 0.29) is 27.0 Å². The summed E-state index contributed by atoms with van der Waals surface area (Å²) in [4.78, 5) is 27.5. The molecule has 0 bridgehead atoms. The zero-order chi connectivity index (χ0) is 28.6. The van der Waals surface area contributed by atoms with Crippen LogP contribution in [0.25, 0.3) is 10.4 Å². The number of benzene rings is 1. The van der Waals surface area contributed by atoms with E-state index in [1.54, 1.807) is 18.5 Å². The van der Waals surface area contributed by atoms with Crippen molar-refractivity contribution in [2.45, 2.75) is 19.8 Å². The van der Waals surface area contributed by atoms with E-state index in [0.29, 0.717) is 22.5 Å². The van der Waals surface area contributed by atoms with E-state index in [2.05, 4.69) is 20.2 Å². The average Bonchev–Trinajstić information content (AvgIpc) is 3.55. The third kappa shape index (κ3) is 8.36. The number of carbonyl (C=O) groups is 2. The zero-order valence-corrected chi connectivity index (χ0v) is 21.7. The van der Waals surface area contributed by atoms with Crippen LogP contribution in [0.5, 0.6) is 11.5 Å². The van der Waals surface area contributed by atoms with Crippen LogP contribution in [0.1, 0.15) is 37.5 Å². The summed E-state index contributed by atoms with van der Waals surface area (Å²) < 4.78 is 40.6. The van der Waals surface area contributed by atoms with Crippen LogP contribution in [-0.2, 0) is 6.54 Å². The lowest BCUT2D eigenvalue weighted by Crippen LogP contribution is -2.18. The number of hydrazone groups is 1. The van der Waals surface area contributed by atoms with Crippen LogP contribution < -0.4 is 15.9 Å². The number of carboxylic acid groups (broad SMARTS) is 1. The second-order valence-electron chi connectivity index (χ2n) is 7.53. The molecule has 0 saturated heterocycles. The fraction of sp³-hybridized carbons (Fsp3) is 0.120. The maximum absolute atomic E-state index is 12.3. The number of ether oxygens (including phenoxy) is 1. The van der Waals surface area contributed by atoms with Crippen molar-refractivity contribution >= 4 is 40.3 Å². The van der Waals surface area contributed by atoms with E-state index in [9.17, 15) is 27.9 Å². The molecule has 3 heterocycles. The molecule has 204 valence electrons. The second-order valence-corrected chi connectivity index (χ2v) is 9.50. The number of carboxylic acids is 1. The second kappa shape index (κ2) is 13.0. The molecule has 4 aromatic rings. The number of pyridine rings is 1. The molecule has 9 nitrogen and oxygen atoms in total. The van der Waals surface area contributed by atoms with Crippen LogP contribution in [0.4, 0.5) is 13.2 Å². The molecule has 0 aliphatic rings. The molecule has 0 unspecified atom stereocenters. The third-order valence-corrected chi connectivity index (χ3v) is 6.90. The van der Waals surface area contributed by atoms with Crippen molar-refractivity contribution in [1.82, 2.24) is 10.4 Å². The number of hydrogen-bond acceptors (Lipinski definition) is 9. The molecule has 0 radical (unpaired) electrons. The first-order valence-corrected chi connectivity index (χ1v) is 12.6. The summed E-state index contributed by atoms with van der Waals surface area (Å²) in [6, 6.07) is 13.4. The monoisotopic (exact) mass is 578 g/mol. The SMILES string of the molecule is CC(=NNC(=O)c1ccc(C(=O)O)s1)c1csc(-c2ccc(OC(F)(F)F)cc2)c1O.NCc1ccccn1. The van der Waals surface area contributed by atoms with Gasteiger partial charge in [-0.25, -0.2) is 10.2 Å². The number of carbonyl (C=O) groups excluding carboxylic acids is 1. The average molecular weight is 579 g/mol. The molecule has 39 heavy (non-hydrogen) atoms. The van der Waals surface area contributed by atoms with E-state index < -0.39 is 18.2 Å². The van der Waals surface area contributed by atoms with E-state index in [1.165, 1.54) is 24.3 Å². The number of nitrogens with two attached hydrogens (primary N) is 1. The highest BCUT2D eigenvalue weighted by Crippen LogP contribution is 2.39. The van der Waals surface area contributed by atoms with Crippen LogP contribution in [0, 0.1) is 0 Å². The Labute approximate surface area is 228 Å². The number of halogens is 3. The van der Waals surface area contributed by atoms with E-state index >= 15 is 0 Å². The molecule has 0 aliphatic carbocycles. The quantitative estimate of drug-likeness (QED) is 0.168. The van der Waals surface area contributed by atoms with Crippen molar-refractivity contribution in [3.05, 3.63) is 87.2 Å². The molecule has 3 aromatic heterocycles. The Morgan fingerprint density at radius 1 is 1.10 bits per heavy atom. The lowest BCUT2D eigenvalue weighted by atomic mass is 10.1. The Balaban J connectivity index is 0.000000449. The van der Waals surface area contributed by atoms with Gasteiger partial charge in [0, 0.05) is 18.1 Å². The van der Waals surface area contributed by atoms with E-state index in [1.807, 2.05) is 18.2 Å². The first kappa shape index (κ1) is 29.3. The maximum atomic E-state index is 12.3. The molecule has 5 N–H and O–H groups in total. The highest BCUT2D eigenvalue weighted by Gasteiger charge is 2.31. The van der Waals surface area contributed by atoms with Crippen LogP contribution in [0.3, 0.4) is 0 Å². The molecule has 0 spiro atoms. The Morgan fingerprint density at radius 3 is 2.33 bits per heavy atom. The van der Waals surface area contributed by atoms with Gasteiger partial charge >= 0.3 is 12.3 Å². The van der Waals surface area contributed by atoms with Crippen LogP contribution >= 0.6 is 22.7 Å². The maximum Gasteiger partial charge on any atom is 0.573 e. The smallest absolute Gasteiger partial charge is 0.506 e. The summed E-state index contributed by atoms with van der Waals surface area (Å²) in [5, 5.41) is 24.9. The Kier molecular flexibility index (Phi) is 9.76. The van der Waals surface area contributed by atoms with E-state index in [0.717, 1.165) is 40.5 Å². The fourth-order valence-electron chi connectivity index (χ4n) is 2.96. The van der Waals surface area contributed by atoms with Gasteiger partial charge in [0.25, 0.3) is 5.91 Å². The number of aromatic hydroxyl groups is 1. The van der Waals surface area contributed by atoms with Crippen LogP contribution in [0.15, 0.2) is 71.3 Å². The van der Waals surface area contributed by atoms with Crippen molar-refractivity contribution in [3.63, 3.8) is 0 Å². The van der Waals surface area contributed by atoms with Gasteiger partial charge < -0.3 is 20.7 Å². The first-order chi connectivity index (χ1) is 18.5. The van der Waals surface area contributed by atoms with Crippen molar-refractivity contribution in [2.24, 2.45) is 10.8 Å². The predicted octanol–water partition coefficient (Wildman–Crippen LogP) is 5.47. The van der Waals surface area contributed by atoms with Crippen molar-refractivity contribution < 1.29 is 37.7 Å². The van der Waals surface area contributed by atoms with E-state index in [4.69, 9.17) is 10.8 Å². The Hall–Kier alpha value is -4.27. The van der Waals surface area contributed by atoms with Crippen molar-refractivity contribution in [3.8, 4) is 21.9 Å². The third-order valence-electron chi connectivity index (χ3n) is 4.81. The van der Waals surface area contributed by atoms with Gasteiger partial charge in [0.15, 0.2) is 0 Å². The zero-order valence-electron chi connectivity index (χ0n) is 20.1. The minimum atomic E-state index is -4.80. The minimum absolute atomic E-state index is 0.0117. The van der Waals surface area contributed by atoms with Gasteiger partial charge in [-0.1, -0.05) is 6.07 Å². The standard InChI is InChI=1S/C19H13F3N2O5S2.C6H8N2/c1-9(23-24-17(26)13-6-7-14(31-13)18(27)28)12-8-30-16(15(12)25)10-2-4-11(5-3-10)29-19(20,21)22;7-5-6-3-1-2-4-8-6/h2-8,25H,1H3,(H,24,26)(H,27,28);1-4H,5,7H2. The summed E-state index contributed by atoms with van der Waals surface area (Å²) in [6.45, 7) is 2.07. The van der Waals surface area contributed by atoms with Crippen molar-refractivity contribution in [2.75, 3.05) is 0 Å². The topological polar surface area (TPSA) is 147 Å². The fourth-order valence-corrected chi connectivity index (χ4v) is 4.71. The molecule has 14 heteroatoms. The van der Waals surface area contributed by atoms with Gasteiger partial charge in [-0.05, 0) is 61.0 Å². The molecular formula is C25H21F3N4O5S2. The normalized spacial score (nSPS) is 11.4. The number of amides is 1. The molecule has 1 aromatic carbocycles. The number of aromatic carboxylic acids is 1. The summed E-state index contributed by atoms with van der Waals surface area (Å²) in [5.74, 6) is -2.27. The van der Waals surface area contributed by atoms with Gasteiger partial charge in [-0.2, -0.15) is 5.10 Å². The van der Waals surface area contributed by atoms with Gasteiger partial charge in [0.05, 0.1) is 26.7 Å². The summed E-state index contributed by atoms with van der Waals surface area (Å²) in [6.07, 6.45) is -3.06. The molecule has 0 saturated carbocycles. The lowest BCUT2D eigenvalue weighted by Gasteiger charge is -2.09. The molecule has 1 amide bonds. The summed E-state index contributed by atoms with van der Waals surface area (Å²) >= 11 is 1.94. The minimum Gasteiger partial charge on any atom is -0.506 e. The van der Waals surface area contributed by atoms with Gasteiger partial charge in [-0.15, -0.1) is 35.8 Å².